The van der Waals surface area contributed by atoms with Crippen molar-refractivity contribution in [3.8, 4) is 5.75 Å². The summed E-state index contributed by atoms with van der Waals surface area (Å²) in [5.41, 5.74) is 2.47. The Morgan fingerprint density at radius 1 is 1.00 bits per heavy atom. The molecular formula is C15H15BrO. The molecule has 0 aliphatic carbocycles. The van der Waals surface area contributed by atoms with Crippen molar-refractivity contribution < 1.29 is 5.11 Å². The van der Waals surface area contributed by atoms with Gasteiger partial charge < -0.3 is 5.11 Å². The first-order valence-electron chi connectivity index (χ1n) is 5.72. The zero-order chi connectivity index (χ0) is 12.1. The molecule has 1 unspecified atom stereocenters. The van der Waals surface area contributed by atoms with Crippen LogP contribution in [-0.2, 0) is 6.42 Å². The highest BCUT2D eigenvalue weighted by Crippen LogP contribution is 2.28. The third kappa shape index (κ3) is 3.60. The van der Waals surface area contributed by atoms with E-state index in [-0.39, 0.29) is 0 Å². The van der Waals surface area contributed by atoms with E-state index in [1.165, 1.54) is 11.1 Å². The van der Waals surface area contributed by atoms with Crippen LogP contribution in [0.25, 0.3) is 0 Å². The van der Waals surface area contributed by atoms with Crippen molar-refractivity contribution in [2.75, 3.05) is 0 Å². The molecule has 2 heteroatoms. The second-order valence-corrected chi connectivity index (χ2v) is 5.19. The molecule has 1 N–H and O–H groups in total. The van der Waals surface area contributed by atoms with Gasteiger partial charge in [0, 0.05) is 4.83 Å². The fraction of sp³-hybridized carbons (Fsp3) is 0.200. The Labute approximate surface area is 110 Å². The van der Waals surface area contributed by atoms with Gasteiger partial charge in [-0.1, -0.05) is 58.4 Å². The summed E-state index contributed by atoms with van der Waals surface area (Å²) < 4.78 is 0. The predicted molar refractivity (Wildman–Crippen MR) is 74.5 cm³/mol. The number of hydrogen-bond donors (Lipinski definition) is 1. The summed E-state index contributed by atoms with van der Waals surface area (Å²) in [5.74, 6) is 0.341. The first kappa shape index (κ1) is 12.2. The van der Waals surface area contributed by atoms with E-state index >= 15 is 0 Å². The summed E-state index contributed by atoms with van der Waals surface area (Å²) in [6, 6.07) is 17.8. The average molecular weight is 291 g/mol. The van der Waals surface area contributed by atoms with E-state index in [2.05, 4.69) is 40.2 Å². The van der Waals surface area contributed by atoms with E-state index < -0.39 is 0 Å². The van der Waals surface area contributed by atoms with Gasteiger partial charge in [-0.2, -0.15) is 0 Å². The summed E-state index contributed by atoms with van der Waals surface area (Å²) in [6.07, 6.45) is 1.98. The Morgan fingerprint density at radius 3 is 2.47 bits per heavy atom. The minimum absolute atomic E-state index is 0.341. The topological polar surface area (TPSA) is 20.2 Å². The molecule has 17 heavy (non-hydrogen) atoms. The van der Waals surface area contributed by atoms with E-state index in [9.17, 15) is 5.11 Å². The predicted octanol–water partition coefficient (Wildman–Crippen LogP) is 4.46. The van der Waals surface area contributed by atoms with Gasteiger partial charge in [-0.25, -0.2) is 0 Å². The zero-order valence-electron chi connectivity index (χ0n) is 9.51. The second-order valence-electron chi connectivity index (χ2n) is 4.09. The Balaban J connectivity index is 1.95. The number of aryl methyl sites for hydroxylation is 1. The first-order chi connectivity index (χ1) is 8.25. The minimum Gasteiger partial charge on any atom is -0.508 e. The largest absolute Gasteiger partial charge is 0.508 e. The fourth-order valence-electron chi connectivity index (χ4n) is 1.83. The number of rotatable bonds is 4. The van der Waals surface area contributed by atoms with Crippen molar-refractivity contribution in [3.63, 3.8) is 0 Å². The van der Waals surface area contributed by atoms with Crippen LogP contribution in [0.4, 0.5) is 0 Å². The van der Waals surface area contributed by atoms with Crippen LogP contribution in [-0.4, -0.2) is 5.11 Å². The van der Waals surface area contributed by atoms with Gasteiger partial charge in [-0.15, -0.1) is 0 Å². The van der Waals surface area contributed by atoms with Crippen LogP contribution < -0.4 is 0 Å². The molecule has 0 fully saturated rings. The van der Waals surface area contributed by atoms with E-state index in [0.717, 1.165) is 12.8 Å². The molecule has 1 atom stereocenters. The summed E-state index contributed by atoms with van der Waals surface area (Å²) in [6.45, 7) is 0. The molecule has 2 aromatic rings. The van der Waals surface area contributed by atoms with Crippen molar-refractivity contribution >= 4 is 15.9 Å². The maximum absolute atomic E-state index is 9.38. The second kappa shape index (κ2) is 5.87. The molecule has 0 bridgehead atoms. The van der Waals surface area contributed by atoms with Crippen LogP contribution in [0.1, 0.15) is 22.4 Å². The van der Waals surface area contributed by atoms with Crippen LogP contribution in [0, 0.1) is 0 Å². The van der Waals surface area contributed by atoms with Crippen LogP contribution >= 0.6 is 15.9 Å². The van der Waals surface area contributed by atoms with E-state index in [0.29, 0.717) is 10.6 Å². The molecule has 0 spiro atoms. The number of alkyl halides is 1. The average Bonchev–Trinajstić information content (AvgIpc) is 2.37. The van der Waals surface area contributed by atoms with Crippen molar-refractivity contribution in [3.05, 3.63) is 65.7 Å². The summed E-state index contributed by atoms with van der Waals surface area (Å²) >= 11 is 3.70. The number of aromatic hydroxyl groups is 1. The van der Waals surface area contributed by atoms with Gasteiger partial charge in [0.1, 0.15) is 5.75 Å². The van der Waals surface area contributed by atoms with E-state index in [4.69, 9.17) is 0 Å². The van der Waals surface area contributed by atoms with Gasteiger partial charge >= 0.3 is 0 Å². The molecule has 0 saturated carbocycles. The maximum Gasteiger partial charge on any atom is 0.115 e. The zero-order valence-corrected chi connectivity index (χ0v) is 11.1. The Hall–Kier alpha value is -1.28. The molecule has 0 heterocycles. The normalized spacial score (nSPS) is 12.3. The first-order valence-corrected chi connectivity index (χ1v) is 6.64. The lowest BCUT2D eigenvalue weighted by molar-refractivity contribution is 0.474. The van der Waals surface area contributed by atoms with Crippen molar-refractivity contribution in [2.24, 2.45) is 0 Å². The molecule has 0 amide bonds. The molecule has 0 saturated heterocycles. The molecule has 0 aliphatic heterocycles. The summed E-state index contributed by atoms with van der Waals surface area (Å²) in [4.78, 5) is 0.367. The van der Waals surface area contributed by atoms with Crippen molar-refractivity contribution in [1.82, 2.24) is 0 Å². The maximum atomic E-state index is 9.38. The molecule has 1 nitrogen and oxygen atoms in total. The third-order valence-corrected chi connectivity index (χ3v) is 3.74. The lowest BCUT2D eigenvalue weighted by Crippen LogP contribution is -1.93. The number of phenolic OH excluding ortho intramolecular Hbond substituents is 1. The smallest absolute Gasteiger partial charge is 0.115 e. The molecule has 0 aliphatic rings. The van der Waals surface area contributed by atoms with Gasteiger partial charge in [-0.3, -0.25) is 0 Å². The van der Waals surface area contributed by atoms with Crippen LogP contribution in [0.3, 0.4) is 0 Å². The molecule has 88 valence electrons. The highest BCUT2D eigenvalue weighted by Gasteiger charge is 2.06. The SMILES string of the molecule is Oc1cccc(CCC(Br)c2ccccc2)c1. The van der Waals surface area contributed by atoms with Crippen LogP contribution in [0.15, 0.2) is 54.6 Å². The van der Waals surface area contributed by atoms with Gasteiger partial charge in [0.25, 0.3) is 0 Å². The number of phenols is 1. The van der Waals surface area contributed by atoms with Gasteiger partial charge in [0.05, 0.1) is 0 Å². The lowest BCUT2D eigenvalue weighted by Gasteiger charge is -2.10. The van der Waals surface area contributed by atoms with Crippen LogP contribution in [0.5, 0.6) is 5.75 Å². The molecule has 2 rings (SSSR count). The monoisotopic (exact) mass is 290 g/mol. The summed E-state index contributed by atoms with van der Waals surface area (Å²) in [5, 5.41) is 9.38. The van der Waals surface area contributed by atoms with Gasteiger partial charge in [0.2, 0.25) is 0 Å². The van der Waals surface area contributed by atoms with Crippen LogP contribution in [0.2, 0.25) is 0 Å². The quantitative estimate of drug-likeness (QED) is 0.824. The van der Waals surface area contributed by atoms with Gasteiger partial charge in [-0.05, 0) is 36.1 Å². The Morgan fingerprint density at radius 2 is 1.76 bits per heavy atom. The lowest BCUT2D eigenvalue weighted by atomic mass is 10.0. The highest BCUT2D eigenvalue weighted by atomic mass is 79.9. The summed E-state index contributed by atoms with van der Waals surface area (Å²) in [7, 11) is 0. The van der Waals surface area contributed by atoms with E-state index in [1.54, 1.807) is 6.07 Å². The number of hydrogen-bond acceptors (Lipinski definition) is 1. The van der Waals surface area contributed by atoms with Gasteiger partial charge in [0.15, 0.2) is 0 Å². The Bertz CT molecular complexity index is 467. The fourth-order valence-corrected chi connectivity index (χ4v) is 2.37. The highest BCUT2D eigenvalue weighted by molar-refractivity contribution is 9.09. The number of halogens is 1. The number of benzene rings is 2. The molecular weight excluding hydrogens is 276 g/mol. The Kier molecular flexibility index (Phi) is 4.21. The third-order valence-electron chi connectivity index (χ3n) is 2.76. The van der Waals surface area contributed by atoms with Crippen molar-refractivity contribution in [2.45, 2.75) is 17.7 Å². The van der Waals surface area contributed by atoms with Crippen molar-refractivity contribution in [1.29, 1.82) is 0 Å². The molecule has 2 aromatic carbocycles. The standard InChI is InChI=1S/C15H15BrO/c16-15(13-6-2-1-3-7-13)10-9-12-5-4-8-14(17)11-12/h1-8,11,15,17H,9-10H2. The van der Waals surface area contributed by atoms with E-state index in [1.807, 2.05) is 24.3 Å². The minimum atomic E-state index is 0.341. The molecule has 0 aromatic heterocycles. The molecule has 0 radical (unpaired) electrons.